The Morgan fingerprint density at radius 1 is 0.857 bits per heavy atom. The normalized spacial score (nSPS) is 17.0. The molecule has 0 bridgehead atoms. The van der Waals surface area contributed by atoms with Crippen molar-refractivity contribution < 1.29 is 13.9 Å². The molecule has 1 saturated heterocycles. The van der Waals surface area contributed by atoms with Crippen molar-refractivity contribution in [2.45, 2.75) is 83.3 Å². The Morgan fingerprint density at radius 3 is 2.09 bits per heavy atom. The molecule has 1 aromatic carbocycles. The zero-order valence-electron chi connectivity index (χ0n) is 21.3. The highest BCUT2D eigenvalue weighted by molar-refractivity contribution is 5.25. The van der Waals surface area contributed by atoms with E-state index in [-0.39, 0.29) is 18.7 Å². The van der Waals surface area contributed by atoms with E-state index in [4.69, 9.17) is 0 Å². The summed E-state index contributed by atoms with van der Waals surface area (Å²) in [4.78, 5) is 8.57. The second-order valence-corrected chi connectivity index (χ2v) is 10.0. The summed E-state index contributed by atoms with van der Waals surface area (Å²) in [5.74, 6) is -1.40. The smallest absolute Gasteiger partial charge is 0.137 e. The zero-order chi connectivity index (χ0) is 24.9. The average molecular weight is 492 g/mol. The number of aromatic nitrogens is 3. The first-order chi connectivity index (χ1) is 17.0. The van der Waals surface area contributed by atoms with E-state index in [1.54, 1.807) is 0 Å². The number of β-amino-alcohol motifs (C(OH)–C–C–N with tert-alkyl or cyclic N) is 1. The molecule has 0 spiro atoms. The lowest BCUT2D eigenvalue weighted by atomic mass is 9.92. The van der Waals surface area contributed by atoms with E-state index in [2.05, 4.69) is 26.8 Å². The summed E-state index contributed by atoms with van der Waals surface area (Å²) in [5, 5.41) is 15.6. The molecule has 1 unspecified atom stereocenters. The van der Waals surface area contributed by atoms with Gasteiger partial charge in [0.05, 0.1) is 6.54 Å². The summed E-state index contributed by atoms with van der Waals surface area (Å²) in [6.07, 6.45) is 16.3. The van der Waals surface area contributed by atoms with Gasteiger partial charge in [0.15, 0.2) is 0 Å². The van der Waals surface area contributed by atoms with E-state index in [1.165, 1.54) is 93.7 Å². The van der Waals surface area contributed by atoms with Crippen molar-refractivity contribution in [3.05, 3.63) is 48.1 Å². The zero-order valence-corrected chi connectivity index (χ0v) is 21.3. The second-order valence-electron chi connectivity index (χ2n) is 10.0. The lowest BCUT2D eigenvalue weighted by molar-refractivity contribution is -0.0319. The predicted octanol–water partition coefficient (Wildman–Crippen LogP) is 4.98. The van der Waals surface area contributed by atoms with Crippen LogP contribution in [0, 0.1) is 11.6 Å². The Kier molecular flexibility index (Phi) is 11.6. The third-order valence-corrected chi connectivity index (χ3v) is 7.10. The maximum absolute atomic E-state index is 14.6. The number of rotatable bonds is 16. The standard InChI is InChI=1S/C27H43F2N5O/c1-2-3-4-5-6-7-8-9-10-11-14-32-15-17-33(18-16-32)20-27(35,21-34-23-30-22-31-34)25-13-12-24(28)19-26(25)29/h12-13,19,22-23,35H,2-11,14-18,20-21H2,1H3. The van der Waals surface area contributed by atoms with Crippen LogP contribution in [0.25, 0.3) is 0 Å². The van der Waals surface area contributed by atoms with Crippen LogP contribution in [-0.4, -0.2) is 68.9 Å². The molecule has 8 heteroatoms. The molecular weight excluding hydrogens is 448 g/mol. The molecule has 1 aliphatic rings. The van der Waals surface area contributed by atoms with E-state index in [0.29, 0.717) is 0 Å². The molecule has 6 nitrogen and oxygen atoms in total. The molecule has 0 radical (unpaired) electrons. The van der Waals surface area contributed by atoms with Gasteiger partial charge in [0.25, 0.3) is 0 Å². The highest BCUT2D eigenvalue weighted by Crippen LogP contribution is 2.28. The molecule has 1 N–H and O–H groups in total. The average Bonchev–Trinajstić information content (AvgIpc) is 3.34. The van der Waals surface area contributed by atoms with Gasteiger partial charge in [0.1, 0.15) is 29.9 Å². The second kappa shape index (κ2) is 14.6. The SMILES string of the molecule is CCCCCCCCCCCCN1CCN(CC(O)(Cn2cncn2)c2ccc(F)cc2F)CC1. The van der Waals surface area contributed by atoms with Crippen LogP contribution in [-0.2, 0) is 12.1 Å². The van der Waals surface area contributed by atoms with Crippen molar-refractivity contribution in [3.63, 3.8) is 0 Å². The molecule has 1 fully saturated rings. The molecule has 0 amide bonds. The van der Waals surface area contributed by atoms with Crippen molar-refractivity contribution in [2.24, 2.45) is 0 Å². The van der Waals surface area contributed by atoms with Gasteiger partial charge < -0.3 is 10.0 Å². The van der Waals surface area contributed by atoms with Crippen LogP contribution in [0.3, 0.4) is 0 Å². The quantitative estimate of drug-likeness (QED) is 0.336. The van der Waals surface area contributed by atoms with E-state index in [0.717, 1.165) is 38.8 Å². The lowest BCUT2D eigenvalue weighted by Crippen LogP contribution is -2.52. The topological polar surface area (TPSA) is 57.4 Å². The lowest BCUT2D eigenvalue weighted by Gasteiger charge is -2.39. The van der Waals surface area contributed by atoms with Gasteiger partial charge in [-0.1, -0.05) is 70.8 Å². The molecule has 2 aromatic rings. The van der Waals surface area contributed by atoms with Crippen LogP contribution >= 0.6 is 0 Å². The first-order valence-corrected chi connectivity index (χ1v) is 13.5. The van der Waals surface area contributed by atoms with Crippen LogP contribution < -0.4 is 0 Å². The van der Waals surface area contributed by atoms with Crippen LogP contribution in [0.15, 0.2) is 30.9 Å². The summed E-state index contributed by atoms with van der Waals surface area (Å²) < 4.78 is 29.6. The van der Waals surface area contributed by atoms with E-state index >= 15 is 0 Å². The molecule has 1 aliphatic heterocycles. The maximum Gasteiger partial charge on any atom is 0.137 e. The van der Waals surface area contributed by atoms with Crippen molar-refractivity contribution in [2.75, 3.05) is 39.3 Å². The number of hydrogen-bond donors (Lipinski definition) is 1. The minimum atomic E-state index is -1.54. The number of aliphatic hydroxyl groups is 1. The third kappa shape index (κ3) is 9.24. The fourth-order valence-corrected chi connectivity index (χ4v) is 5.03. The largest absolute Gasteiger partial charge is 0.382 e. The molecule has 35 heavy (non-hydrogen) atoms. The molecule has 196 valence electrons. The summed E-state index contributed by atoms with van der Waals surface area (Å²) in [6, 6.07) is 3.35. The Bertz CT molecular complexity index is 842. The molecule has 3 rings (SSSR count). The molecule has 0 saturated carbocycles. The number of piperazine rings is 1. The van der Waals surface area contributed by atoms with Gasteiger partial charge in [0, 0.05) is 44.4 Å². The number of benzene rings is 1. The minimum absolute atomic E-state index is 0.0500. The molecular formula is C27H43F2N5O. The predicted molar refractivity (Wildman–Crippen MR) is 135 cm³/mol. The molecule has 2 heterocycles. The monoisotopic (exact) mass is 491 g/mol. The van der Waals surface area contributed by atoms with Crippen molar-refractivity contribution >= 4 is 0 Å². The highest BCUT2D eigenvalue weighted by atomic mass is 19.1. The van der Waals surface area contributed by atoms with Crippen LogP contribution in [0.4, 0.5) is 8.78 Å². The summed E-state index contributed by atoms with van der Waals surface area (Å²) in [6.45, 7) is 7.15. The van der Waals surface area contributed by atoms with Crippen molar-refractivity contribution in [1.82, 2.24) is 24.6 Å². The minimum Gasteiger partial charge on any atom is -0.382 e. The van der Waals surface area contributed by atoms with Gasteiger partial charge in [-0.05, 0) is 19.0 Å². The first kappa shape index (κ1) is 27.7. The Labute approximate surface area is 209 Å². The summed E-state index contributed by atoms with van der Waals surface area (Å²) in [7, 11) is 0. The Morgan fingerprint density at radius 2 is 1.49 bits per heavy atom. The summed E-state index contributed by atoms with van der Waals surface area (Å²) in [5.41, 5.74) is -1.45. The van der Waals surface area contributed by atoms with Crippen LogP contribution in [0.5, 0.6) is 0 Å². The highest BCUT2D eigenvalue weighted by Gasteiger charge is 2.36. The van der Waals surface area contributed by atoms with Gasteiger partial charge in [-0.2, -0.15) is 5.10 Å². The van der Waals surface area contributed by atoms with Gasteiger partial charge in [0.2, 0.25) is 0 Å². The molecule has 1 atom stereocenters. The first-order valence-electron chi connectivity index (χ1n) is 13.5. The van der Waals surface area contributed by atoms with E-state index < -0.39 is 17.2 Å². The number of unbranched alkanes of at least 4 members (excludes halogenated alkanes) is 9. The fraction of sp³-hybridized carbons (Fsp3) is 0.704. The number of halogens is 2. The Balaban J connectivity index is 1.40. The van der Waals surface area contributed by atoms with Crippen molar-refractivity contribution in [3.8, 4) is 0 Å². The van der Waals surface area contributed by atoms with E-state index in [9.17, 15) is 13.9 Å². The number of nitrogens with zero attached hydrogens (tertiary/aromatic N) is 5. The number of hydrogen-bond acceptors (Lipinski definition) is 5. The van der Waals surface area contributed by atoms with Gasteiger partial charge in [-0.3, -0.25) is 4.90 Å². The fourth-order valence-electron chi connectivity index (χ4n) is 5.03. The molecule has 0 aliphatic carbocycles. The van der Waals surface area contributed by atoms with E-state index in [1.807, 2.05) is 0 Å². The van der Waals surface area contributed by atoms with Crippen LogP contribution in [0.1, 0.15) is 76.7 Å². The maximum atomic E-state index is 14.6. The third-order valence-electron chi connectivity index (χ3n) is 7.10. The summed E-state index contributed by atoms with van der Waals surface area (Å²) >= 11 is 0. The Hall–Kier alpha value is -1.90. The molecule has 1 aromatic heterocycles. The van der Waals surface area contributed by atoms with Crippen molar-refractivity contribution in [1.29, 1.82) is 0 Å². The van der Waals surface area contributed by atoms with Gasteiger partial charge in [-0.15, -0.1) is 0 Å². The van der Waals surface area contributed by atoms with Gasteiger partial charge in [-0.25, -0.2) is 18.4 Å². The van der Waals surface area contributed by atoms with Gasteiger partial charge >= 0.3 is 0 Å². The van der Waals surface area contributed by atoms with Crippen LogP contribution in [0.2, 0.25) is 0 Å².